The fraction of sp³-hybridized carbons (Fsp3) is 0.933. The number of unbranched alkanes of at least 4 members (excludes halogenated alkanes) is 1. The van der Waals surface area contributed by atoms with Crippen LogP contribution in [0.2, 0.25) is 0 Å². The molecule has 130 valence electrons. The summed E-state index contributed by atoms with van der Waals surface area (Å²) in [6.45, 7) is 4.45. The number of amides is 1. The molecule has 0 aliphatic carbocycles. The van der Waals surface area contributed by atoms with Gasteiger partial charge in [-0.15, -0.1) is 0 Å². The van der Waals surface area contributed by atoms with Crippen LogP contribution in [0.25, 0.3) is 0 Å². The predicted octanol–water partition coefficient (Wildman–Crippen LogP) is -1.31. The van der Waals surface area contributed by atoms with E-state index < -0.39 is 37.0 Å². The Labute approximate surface area is 131 Å². The summed E-state index contributed by atoms with van der Waals surface area (Å²) in [5.74, 6) is 0.284. The van der Waals surface area contributed by atoms with Gasteiger partial charge in [-0.05, 0) is 12.3 Å². The maximum Gasteiger partial charge on any atom is 0.242 e. The highest BCUT2D eigenvalue weighted by atomic mass is 16.4. The van der Waals surface area contributed by atoms with Crippen LogP contribution in [-0.2, 0) is 4.79 Å². The number of nitrogens with zero attached hydrogens (tertiary/aromatic N) is 1. The highest BCUT2D eigenvalue weighted by Gasteiger charge is 2.45. The number of nitrogens with one attached hydrogen (secondary N) is 1. The second-order valence-corrected chi connectivity index (χ2v) is 6.55. The third kappa shape index (κ3) is 4.89. The van der Waals surface area contributed by atoms with E-state index in [1.807, 2.05) is 0 Å². The Kier molecular flexibility index (Phi) is 7.71. The number of likely N-dealkylation sites (N-methyl/N-ethyl adjacent to an activating group) is 1. The molecule has 1 saturated heterocycles. The Morgan fingerprint density at radius 1 is 1.14 bits per heavy atom. The van der Waals surface area contributed by atoms with Crippen molar-refractivity contribution in [2.24, 2.45) is 5.92 Å². The van der Waals surface area contributed by atoms with Gasteiger partial charge in [-0.3, -0.25) is 10.1 Å². The molecule has 1 rings (SSSR count). The molecule has 0 bridgehead atoms. The van der Waals surface area contributed by atoms with Gasteiger partial charge in [-0.25, -0.2) is 0 Å². The van der Waals surface area contributed by atoms with Crippen molar-refractivity contribution in [2.45, 2.75) is 63.5 Å². The van der Waals surface area contributed by atoms with E-state index in [1.165, 1.54) is 4.90 Å². The third-order valence-corrected chi connectivity index (χ3v) is 4.21. The molecule has 0 aromatic heterocycles. The molecule has 5 atom stereocenters. The van der Waals surface area contributed by atoms with Crippen molar-refractivity contribution in [1.82, 2.24) is 10.2 Å². The lowest BCUT2D eigenvalue weighted by Crippen LogP contribution is -2.69. The van der Waals surface area contributed by atoms with Crippen LogP contribution >= 0.6 is 0 Å². The molecule has 0 saturated carbocycles. The minimum atomic E-state index is -1.46. The second-order valence-electron chi connectivity index (χ2n) is 6.55. The van der Waals surface area contributed by atoms with Crippen molar-refractivity contribution >= 4 is 5.91 Å². The summed E-state index contributed by atoms with van der Waals surface area (Å²) < 4.78 is 0. The molecular formula is C15H30N2O5. The standard InChI is InChI=1S/C15H30N2O5/c1-9(2)6-4-5-7-17(3)15(22)11-13(20)14(21)12(19)10(8-18)16-11/h9-14,16,18-21H,4-8H2,1-3H3/t10-,11+,12-,13-,14+/m1/s1. The van der Waals surface area contributed by atoms with Gasteiger partial charge in [0, 0.05) is 13.6 Å². The van der Waals surface area contributed by atoms with Crippen molar-refractivity contribution in [2.75, 3.05) is 20.2 Å². The molecule has 0 spiro atoms. The summed E-state index contributed by atoms with van der Waals surface area (Å²) in [6.07, 6.45) is -1.16. The van der Waals surface area contributed by atoms with Crippen LogP contribution in [0.1, 0.15) is 33.1 Å². The molecule has 7 nitrogen and oxygen atoms in total. The molecule has 0 aromatic rings. The number of aliphatic hydroxyl groups excluding tert-OH is 4. The highest BCUT2D eigenvalue weighted by molar-refractivity contribution is 5.82. The first kappa shape index (κ1) is 19.3. The van der Waals surface area contributed by atoms with Crippen molar-refractivity contribution in [3.63, 3.8) is 0 Å². The van der Waals surface area contributed by atoms with Crippen LogP contribution in [0.3, 0.4) is 0 Å². The van der Waals surface area contributed by atoms with E-state index in [4.69, 9.17) is 0 Å². The molecule has 22 heavy (non-hydrogen) atoms. The van der Waals surface area contributed by atoms with Crippen molar-refractivity contribution < 1.29 is 25.2 Å². The van der Waals surface area contributed by atoms with Gasteiger partial charge in [0.25, 0.3) is 0 Å². The van der Waals surface area contributed by atoms with Crippen LogP contribution < -0.4 is 5.32 Å². The minimum absolute atomic E-state index is 0.346. The normalized spacial score (nSPS) is 32.3. The average Bonchev–Trinajstić information content (AvgIpc) is 2.48. The van der Waals surface area contributed by atoms with Gasteiger partial charge in [-0.1, -0.05) is 26.7 Å². The number of aliphatic hydroxyl groups is 4. The van der Waals surface area contributed by atoms with Crippen molar-refractivity contribution in [1.29, 1.82) is 0 Å². The lowest BCUT2D eigenvalue weighted by molar-refractivity contribution is -0.152. The summed E-state index contributed by atoms with van der Waals surface area (Å²) >= 11 is 0. The van der Waals surface area contributed by atoms with E-state index in [2.05, 4.69) is 19.2 Å². The summed E-state index contributed by atoms with van der Waals surface area (Å²) in [4.78, 5) is 13.9. The Balaban J connectivity index is 2.55. The molecule has 5 N–H and O–H groups in total. The Morgan fingerprint density at radius 3 is 2.32 bits per heavy atom. The SMILES string of the molecule is CC(C)CCCCN(C)C(=O)[C@H]1N[C@H](CO)[C@@H](O)[C@H](O)[C@@H]1O. The van der Waals surface area contributed by atoms with Crippen LogP contribution in [0.5, 0.6) is 0 Å². The lowest BCUT2D eigenvalue weighted by Gasteiger charge is -2.41. The fourth-order valence-corrected chi connectivity index (χ4v) is 2.69. The van der Waals surface area contributed by atoms with Crippen LogP contribution in [0, 0.1) is 5.92 Å². The molecule has 0 unspecified atom stereocenters. The average molecular weight is 318 g/mol. The van der Waals surface area contributed by atoms with Gasteiger partial charge < -0.3 is 25.3 Å². The first-order valence-corrected chi connectivity index (χ1v) is 7.95. The molecule has 1 aliphatic rings. The van der Waals surface area contributed by atoms with Gasteiger partial charge in [0.1, 0.15) is 24.4 Å². The lowest BCUT2D eigenvalue weighted by atomic mass is 9.90. The van der Waals surface area contributed by atoms with Crippen LogP contribution in [-0.4, -0.2) is 81.8 Å². The molecule has 1 amide bonds. The van der Waals surface area contributed by atoms with E-state index in [0.29, 0.717) is 12.5 Å². The van der Waals surface area contributed by atoms with E-state index in [9.17, 15) is 25.2 Å². The van der Waals surface area contributed by atoms with E-state index in [1.54, 1.807) is 7.05 Å². The third-order valence-electron chi connectivity index (χ3n) is 4.21. The van der Waals surface area contributed by atoms with E-state index in [-0.39, 0.29) is 5.91 Å². The number of hydrogen-bond donors (Lipinski definition) is 5. The molecule has 1 fully saturated rings. The van der Waals surface area contributed by atoms with Gasteiger partial charge >= 0.3 is 0 Å². The first-order valence-electron chi connectivity index (χ1n) is 7.95. The molecule has 1 heterocycles. The predicted molar refractivity (Wildman–Crippen MR) is 82.1 cm³/mol. The van der Waals surface area contributed by atoms with Gasteiger partial charge in [0.05, 0.1) is 12.6 Å². The fourth-order valence-electron chi connectivity index (χ4n) is 2.69. The van der Waals surface area contributed by atoms with Crippen LogP contribution in [0.4, 0.5) is 0 Å². The minimum Gasteiger partial charge on any atom is -0.395 e. The van der Waals surface area contributed by atoms with E-state index in [0.717, 1.165) is 19.3 Å². The van der Waals surface area contributed by atoms with Gasteiger partial charge in [0.2, 0.25) is 5.91 Å². The quantitative estimate of drug-likeness (QED) is 0.372. The molecule has 1 aliphatic heterocycles. The first-order chi connectivity index (χ1) is 10.3. The van der Waals surface area contributed by atoms with Crippen molar-refractivity contribution in [3.05, 3.63) is 0 Å². The number of carbonyl (C=O) groups excluding carboxylic acids is 1. The zero-order chi connectivity index (χ0) is 16.9. The molecule has 0 radical (unpaired) electrons. The largest absolute Gasteiger partial charge is 0.395 e. The number of hydrogen-bond acceptors (Lipinski definition) is 6. The zero-order valence-corrected chi connectivity index (χ0v) is 13.6. The number of piperidine rings is 1. The maximum absolute atomic E-state index is 12.4. The highest BCUT2D eigenvalue weighted by Crippen LogP contribution is 2.17. The van der Waals surface area contributed by atoms with E-state index >= 15 is 0 Å². The van der Waals surface area contributed by atoms with Crippen LogP contribution in [0.15, 0.2) is 0 Å². The summed E-state index contributed by atoms with van der Waals surface area (Å²) in [7, 11) is 1.65. The Bertz CT molecular complexity index is 351. The van der Waals surface area contributed by atoms with Gasteiger partial charge in [-0.2, -0.15) is 0 Å². The molecular weight excluding hydrogens is 288 g/mol. The van der Waals surface area contributed by atoms with Crippen molar-refractivity contribution in [3.8, 4) is 0 Å². The summed E-state index contributed by atoms with van der Waals surface area (Å²) in [5.41, 5.74) is 0. The maximum atomic E-state index is 12.4. The molecule has 7 heteroatoms. The smallest absolute Gasteiger partial charge is 0.242 e. The zero-order valence-electron chi connectivity index (χ0n) is 13.6. The second kappa shape index (κ2) is 8.79. The summed E-state index contributed by atoms with van der Waals surface area (Å²) in [5, 5.41) is 41.4. The Morgan fingerprint density at radius 2 is 1.77 bits per heavy atom. The summed E-state index contributed by atoms with van der Waals surface area (Å²) in [6, 6.07) is -1.85. The Hall–Kier alpha value is -0.730. The molecule has 0 aromatic carbocycles. The monoisotopic (exact) mass is 318 g/mol. The number of rotatable bonds is 7. The van der Waals surface area contributed by atoms with Gasteiger partial charge in [0.15, 0.2) is 0 Å². The topological polar surface area (TPSA) is 113 Å². The number of carbonyl (C=O) groups is 1.